The molecule has 0 heterocycles. The van der Waals surface area contributed by atoms with E-state index >= 15 is 0 Å². The van der Waals surface area contributed by atoms with Gasteiger partial charge in [0, 0.05) is 22.3 Å². The molecule has 0 aliphatic carbocycles. The predicted molar refractivity (Wildman–Crippen MR) is 84.2 cm³/mol. The fourth-order valence-electron chi connectivity index (χ4n) is 1.31. The molecule has 0 bridgehead atoms. The molecule has 112 valence electrons. The smallest absolute Gasteiger partial charge is 0.135 e. The zero-order valence-electron chi connectivity index (χ0n) is 10.1. The van der Waals surface area contributed by atoms with Crippen molar-refractivity contribution in [2.24, 2.45) is 0 Å². The lowest BCUT2D eigenvalue weighted by molar-refractivity contribution is -0.197. The third-order valence-electron chi connectivity index (χ3n) is 2.33. The van der Waals surface area contributed by atoms with E-state index < -0.39 is 7.60 Å². The molecule has 1 aromatic rings. The first-order valence-corrected chi connectivity index (χ1v) is 8.93. The molecular formula is C11H9Cl5O3P-. The van der Waals surface area contributed by atoms with Gasteiger partial charge in [-0.15, -0.1) is 0 Å². The van der Waals surface area contributed by atoms with Crippen LogP contribution in [0.5, 0.6) is 0 Å². The van der Waals surface area contributed by atoms with Crippen LogP contribution in [0.1, 0.15) is 12.5 Å². The van der Waals surface area contributed by atoms with Crippen LogP contribution >= 0.6 is 65.6 Å². The Morgan fingerprint density at radius 3 is 2.15 bits per heavy atom. The third kappa shape index (κ3) is 5.08. The van der Waals surface area contributed by atoms with Crippen molar-refractivity contribution in [2.45, 2.75) is 6.92 Å². The minimum absolute atomic E-state index is 0.151. The van der Waals surface area contributed by atoms with Crippen molar-refractivity contribution in [2.75, 3.05) is 12.8 Å². The van der Waals surface area contributed by atoms with E-state index in [4.69, 9.17) is 62.5 Å². The normalized spacial score (nSPS) is 13.9. The Balaban J connectivity index is 3.19. The highest BCUT2D eigenvalue weighted by atomic mass is 35.5. The zero-order valence-corrected chi connectivity index (χ0v) is 14.8. The molecule has 0 aromatic heterocycles. The molecule has 0 amide bonds. The van der Waals surface area contributed by atoms with Crippen molar-refractivity contribution < 1.29 is 14.0 Å². The molecule has 20 heavy (non-hydrogen) atoms. The molecule has 0 saturated carbocycles. The maximum atomic E-state index is 11.4. The Kier molecular flexibility index (Phi) is 7.17. The van der Waals surface area contributed by atoms with Gasteiger partial charge in [-0.2, -0.15) is 0 Å². The quantitative estimate of drug-likeness (QED) is 0.627. The van der Waals surface area contributed by atoms with Gasteiger partial charge in [-0.1, -0.05) is 64.9 Å². The summed E-state index contributed by atoms with van der Waals surface area (Å²) in [5, 5.41) is 0.715. The van der Waals surface area contributed by atoms with Gasteiger partial charge in [-0.3, -0.25) is 0 Å². The van der Waals surface area contributed by atoms with E-state index in [1.807, 2.05) is 0 Å². The molecule has 0 aliphatic rings. The van der Waals surface area contributed by atoms with E-state index in [9.17, 15) is 9.46 Å². The summed E-state index contributed by atoms with van der Waals surface area (Å²) in [5.74, 6) is 0. The molecule has 3 nitrogen and oxygen atoms in total. The first kappa shape index (κ1) is 18.6. The van der Waals surface area contributed by atoms with E-state index in [-0.39, 0.29) is 38.4 Å². The summed E-state index contributed by atoms with van der Waals surface area (Å²) < 4.78 is 16.0. The summed E-state index contributed by atoms with van der Waals surface area (Å²) in [6.45, 7) is 1.10. The van der Waals surface area contributed by atoms with Gasteiger partial charge in [0.1, 0.15) is 12.1 Å². The fourth-order valence-corrected chi connectivity index (χ4v) is 3.16. The largest absolute Gasteiger partial charge is 0.778 e. The van der Waals surface area contributed by atoms with Gasteiger partial charge in [-0.05, 0) is 12.1 Å². The standard InChI is InChI=1S/C11H10Cl5O3P/c1-2-20(17,18)19-5-7(11(15)16)10-8(13)3-6(12)4-9(10)14/h3-4H,2,5H2,1H3,(H,17,18)/p-1. The monoisotopic (exact) mass is 395 g/mol. The van der Waals surface area contributed by atoms with Gasteiger partial charge in [0.15, 0.2) is 0 Å². The minimum Gasteiger partial charge on any atom is -0.778 e. The molecule has 9 heteroatoms. The highest BCUT2D eigenvalue weighted by Crippen LogP contribution is 2.42. The van der Waals surface area contributed by atoms with Crippen molar-refractivity contribution in [3.8, 4) is 0 Å². The Hall–Kier alpha value is 0.560. The summed E-state index contributed by atoms with van der Waals surface area (Å²) in [6.07, 6.45) is -0.151. The molecule has 1 atom stereocenters. The number of hydrogen-bond donors (Lipinski definition) is 0. The lowest BCUT2D eigenvalue weighted by Crippen LogP contribution is -2.09. The van der Waals surface area contributed by atoms with Gasteiger partial charge in [0.2, 0.25) is 0 Å². The number of rotatable bonds is 5. The first-order valence-electron chi connectivity index (χ1n) is 5.31. The maximum Gasteiger partial charge on any atom is 0.135 e. The van der Waals surface area contributed by atoms with Crippen LogP contribution in [-0.4, -0.2) is 12.8 Å². The lowest BCUT2D eigenvalue weighted by Gasteiger charge is -2.23. The summed E-state index contributed by atoms with van der Waals surface area (Å²) >= 11 is 29.4. The molecule has 0 N–H and O–H groups in total. The van der Waals surface area contributed by atoms with Gasteiger partial charge < -0.3 is 14.0 Å². The van der Waals surface area contributed by atoms with Crippen LogP contribution in [0.3, 0.4) is 0 Å². The van der Waals surface area contributed by atoms with Crippen LogP contribution < -0.4 is 4.89 Å². The van der Waals surface area contributed by atoms with Gasteiger partial charge in [0.05, 0.1) is 16.7 Å². The summed E-state index contributed by atoms with van der Waals surface area (Å²) in [4.78, 5) is 11.4. The second kappa shape index (κ2) is 7.71. The number of halogens is 5. The molecule has 0 aliphatic heterocycles. The van der Waals surface area contributed by atoms with Crippen molar-refractivity contribution in [3.05, 3.63) is 37.3 Å². The van der Waals surface area contributed by atoms with Crippen LogP contribution in [0, 0.1) is 0 Å². The molecule has 0 fully saturated rings. The highest BCUT2D eigenvalue weighted by molar-refractivity contribution is 7.51. The van der Waals surface area contributed by atoms with E-state index in [1.165, 1.54) is 19.1 Å². The summed E-state index contributed by atoms with van der Waals surface area (Å²) in [5.41, 5.74) is 0.457. The predicted octanol–water partition coefficient (Wildman–Crippen LogP) is 5.38. The minimum atomic E-state index is -3.94. The van der Waals surface area contributed by atoms with E-state index in [2.05, 4.69) is 0 Å². The van der Waals surface area contributed by atoms with Crippen LogP contribution in [0.15, 0.2) is 16.6 Å². The lowest BCUT2D eigenvalue weighted by atomic mass is 10.1. The zero-order chi connectivity index (χ0) is 15.5. The summed E-state index contributed by atoms with van der Waals surface area (Å²) in [6, 6.07) is 2.88. The van der Waals surface area contributed by atoms with E-state index in [0.717, 1.165) is 0 Å². The van der Waals surface area contributed by atoms with Crippen molar-refractivity contribution in [3.63, 3.8) is 0 Å². The van der Waals surface area contributed by atoms with Crippen molar-refractivity contribution in [1.29, 1.82) is 0 Å². The Labute approximate surface area is 141 Å². The molecule has 0 spiro atoms. The molecular weight excluding hydrogens is 388 g/mol. The number of hydrogen-bond acceptors (Lipinski definition) is 3. The maximum absolute atomic E-state index is 11.4. The van der Waals surface area contributed by atoms with Crippen LogP contribution in [0.2, 0.25) is 15.1 Å². The first-order chi connectivity index (χ1) is 9.18. The van der Waals surface area contributed by atoms with Crippen LogP contribution in [0.25, 0.3) is 5.57 Å². The van der Waals surface area contributed by atoms with Crippen LogP contribution in [-0.2, 0) is 9.09 Å². The molecule has 1 rings (SSSR count). The molecule has 0 radical (unpaired) electrons. The highest BCUT2D eigenvalue weighted by Gasteiger charge is 2.18. The van der Waals surface area contributed by atoms with Gasteiger partial charge in [0.25, 0.3) is 0 Å². The number of benzene rings is 1. The molecule has 0 saturated heterocycles. The Bertz CT molecular complexity index is 560. The van der Waals surface area contributed by atoms with Gasteiger partial charge >= 0.3 is 0 Å². The van der Waals surface area contributed by atoms with Crippen LogP contribution in [0.4, 0.5) is 0 Å². The van der Waals surface area contributed by atoms with Crippen molar-refractivity contribution in [1.82, 2.24) is 0 Å². The second-order valence-corrected chi connectivity index (χ2v) is 8.00. The SMILES string of the molecule is CCP(=O)([O-])OCC(=C(Cl)Cl)c1c(Cl)cc(Cl)cc1Cl. The average molecular weight is 397 g/mol. The van der Waals surface area contributed by atoms with E-state index in [0.29, 0.717) is 5.02 Å². The Morgan fingerprint density at radius 1 is 1.25 bits per heavy atom. The second-order valence-electron chi connectivity index (χ2n) is 3.68. The Morgan fingerprint density at radius 2 is 1.75 bits per heavy atom. The fraction of sp³-hybridized carbons (Fsp3) is 0.273. The third-order valence-corrected chi connectivity index (χ3v) is 4.90. The molecule has 1 aromatic carbocycles. The average Bonchev–Trinajstić information content (AvgIpc) is 2.31. The topological polar surface area (TPSA) is 49.4 Å². The van der Waals surface area contributed by atoms with Crippen molar-refractivity contribution >= 4 is 71.2 Å². The van der Waals surface area contributed by atoms with E-state index in [1.54, 1.807) is 0 Å². The van der Waals surface area contributed by atoms with Gasteiger partial charge in [-0.25, -0.2) is 0 Å². The molecule has 1 unspecified atom stereocenters. The summed E-state index contributed by atoms with van der Waals surface area (Å²) in [7, 11) is -3.94.